The third-order valence-corrected chi connectivity index (χ3v) is 5.34. The van der Waals surface area contributed by atoms with Gasteiger partial charge in [0.05, 0.1) is 7.11 Å². The molecule has 3 aliphatic carbocycles. The van der Waals surface area contributed by atoms with Crippen molar-refractivity contribution in [2.75, 3.05) is 20.2 Å². The molecule has 0 amide bonds. The van der Waals surface area contributed by atoms with Gasteiger partial charge in [0.1, 0.15) is 5.54 Å². The van der Waals surface area contributed by atoms with Crippen molar-refractivity contribution in [3.8, 4) is 0 Å². The lowest BCUT2D eigenvalue weighted by Crippen LogP contribution is -2.53. The van der Waals surface area contributed by atoms with Crippen molar-refractivity contribution in [3.05, 3.63) is 0 Å². The molecule has 0 aliphatic heterocycles. The maximum absolute atomic E-state index is 12.4. The van der Waals surface area contributed by atoms with Crippen molar-refractivity contribution in [2.24, 2.45) is 5.92 Å². The molecule has 4 heteroatoms. The van der Waals surface area contributed by atoms with E-state index in [0.29, 0.717) is 12.1 Å². The van der Waals surface area contributed by atoms with Crippen molar-refractivity contribution in [3.63, 3.8) is 0 Å². The number of rotatable bonds is 8. The Kier molecular flexibility index (Phi) is 4.55. The molecule has 4 nitrogen and oxygen atoms in total. The van der Waals surface area contributed by atoms with Crippen LogP contribution >= 0.6 is 0 Å². The summed E-state index contributed by atoms with van der Waals surface area (Å²) >= 11 is 0. The highest BCUT2D eigenvalue weighted by Gasteiger charge is 2.50. The van der Waals surface area contributed by atoms with E-state index < -0.39 is 5.54 Å². The molecule has 0 radical (unpaired) electrons. The second kappa shape index (κ2) is 6.25. The van der Waals surface area contributed by atoms with E-state index in [1.54, 1.807) is 0 Å². The predicted octanol–water partition coefficient (Wildman–Crippen LogP) is 2.32. The molecule has 0 saturated heterocycles. The summed E-state index contributed by atoms with van der Waals surface area (Å²) in [5.41, 5.74) is -0.407. The van der Waals surface area contributed by atoms with Crippen LogP contribution in [0.5, 0.6) is 0 Å². The fourth-order valence-electron chi connectivity index (χ4n) is 3.86. The molecule has 1 N–H and O–H groups in total. The molecular formula is C17H30N2O2. The van der Waals surface area contributed by atoms with Crippen molar-refractivity contribution in [1.82, 2.24) is 10.2 Å². The molecule has 2 atom stereocenters. The van der Waals surface area contributed by atoms with Crippen LogP contribution in [0.15, 0.2) is 0 Å². The van der Waals surface area contributed by atoms with Crippen LogP contribution in [0, 0.1) is 5.92 Å². The smallest absolute Gasteiger partial charge is 0.326 e. The van der Waals surface area contributed by atoms with E-state index in [4.69, 9.17) is 4.74 Å². The summed E-state index contributed by atoms with van der Waals surface area (Å²) in [6.45, 7) is 4.66. The molecule has 2 unspecified atom stereocenters. The molecule has 0 bridgehead atoms. The molecule has 21 heavy (non-hydrogen) atoms. The quantitative estimate of drug-likeness (QED) is 0.698. The number of carbonyl (C=O) groups is 1. The van der Waals surface area contributed by atoms with E-state index in [1.165, 1.54) is 52.3 Å². The van der Waals surface area contributed by atoms with Crippen LogP contribution in [-0.2, 0) is 9.53 Å². The van der Waals surface area contributed by atoms with Gasteiger partial charge < -0.3 is 9.64 Å². The first-order valence-corrected chi connectivity index (χ1v) is 8.77. The SMILES string of the molecule is CCCN(CC1CC1)C1CCC(NC2CC2)(C(=O)OC)C1. The topological polar surface area (TPSA) is 41.6 Å². The predicted molar refractivity (Wildman–Crippen MR) is 83.1 cm³/mol. The number of esters is 1. The highest BCUT2D eigenvalue weighted by Crippen LogP contribution is 2.39. The monoisotopic (exact) mass is 294 g/mol. The summed E-state index contributed by atoms with van der Waals surface area (Å²) in [6.07, 6.45) is 9.42. The number of methoxy groups -OCH3 is 1. The van der Waals surface area contributed by atoms with E-state index >= 15 is 0 Å². The minimum absolute atomic E-state index is 0.0419. The number of hydrogen-bond acceptors (Lipinski definition) is 4. The maximum Gasteiger partial charge on any atom is 0.326 e. The minimum atomic E-state index is -0.407. The minimum Gasteiger partial charge on any atom is -0.468 e. The third kappa shape index (κ3) is 3.59. The second-order valence-electron chi connectivity index (χ2n) is 7.33. The summed E-state index contributed by atoms with van der Waals surface area (Å²) in [5, 5.41) is 3.61. The van der Waals surface area contributed by atoms with Crippen LogP contribution in [-0.4, -0.2) is 48.7 Å². The van der Waals surface area contributed by atoms with E-state index in [9.17, 15) is 4.79 Å². The Morgan fingerprint density at radius 3 is 2.62 bits per heavy atom. The zero-order valence-corrected chi connectivity index (χ0v) is 13.6. The molecule has 0 aromatic carbocycles. The van der Waals surface area contributed by atoms with E-state index in [2.05, 4.69) is 17.1 Å². The van der Waals surface area contributed by atoms with Gasteiger partial charge in [0.25, 0.3) is 0 Å². The van der Waals surface area contributed by atoms with Gasteiger partial charge in [-0.05, 0) is 63.8 Å². The van der Waals surface area contributed by atoms with Gasteiger partial charge in [0.2, 0.25) is 0 Å². The summed E-state index contributed by atoms with van der Waals surface area (Å²) < 4.78 is 5.13. The zero-order valence-electron chi connectivity index (χ0n) is 13.6. The van der Waals surface area contributed by atoms with Crippen molar-refractivity contribution in [1.29, 1.82) is 0 Å². The van der Waals surface area contributed by atoms with Gasteiger partial charge in [-0.1, -0.05) is 6.92 Å². The van der Waals surface area contributed by atoms with Gasteiger partial charge in [-0.3, -0.25) is 10.1 Å². The molecule has 3 saturated carbocycles. The number of carbonyl (C=O) groups excluding carboxylic acids is 1. The average Bonchev–Trinajstić information content (AvgIpc) is 3.39. The lowest BCUT2D eigenvalue weighted by molar-refractivity contribution is -0.148. The van der Waals surface area contributed by atoms with Crippen LogP contribution < -0.4 is 5.32 Å². The molecule has 0 aromatic heterocycles. The Morgan fingerprint density at radius 2 is 2.05 bits per heavy atom. The molecule has 0 heterocycles. The number of nitrogens with one attached hydrogen (secondary N) is 1. The van der Waals surface area contributed by atoms with Crippen LogP contribution in [0.3, 0.4) is 0 Å². The van der Waals surface area contributed by atoms with Crippen molar-refractivity contribution < 1.29 is 9.53 Å². The summed E-state index contributed by atoms with van der Waals surface area (Å²) in [7, 11) is 1.53. The fourth-order valence-corrected chi connectivity index (χ4v) is 3.86. The van der Waals surface area contributed by atoms with Gasteiger partial charge in [-0.15, -0.1) is 0 Å². The van der Waals surface area contributed by atoms with Gasteiger partial charge >= 0.3 is 5.97 Å². The molecule has 0 spiro atoms. The number of nitrogens with zero attached hydrogens (tertiary/aromatic N) is 1. The van der Waals surface area contributed by atoms with Crippen LogP contribution in [0.1, 0.15) is 58.3 Å². The Bertz CT molecular complexity index is 379. The highest BCUT2D eigenvalue weighted by molar-refractivity contribution is 5.81. The number of ether oxygens (including phenoxy) is 1. The van der Waals surface area contributed by atoms with E-state index in [0.717, 1.165) is 25.2 Å². The summed E-state index contributed by atoms with van der Waals surface area (Å²) in [6, 6.07) is 1.10. The fraction of sp³-hybridized carbons (Fsp3) is 0.941. The van der Waals surface area contributed by atoms with Crippen molar-refractivity contribution >= 4 is 5.97 Å². The summed E-state index contributed by atoms with van der Waals surface area (Å²) in [5.74, 6) is 0.876. The Morgan fingerprint density at radius 1 is 1.29 bits per heavy atom. The first-order chi connectivity index (χ1) is 10.2. The van der Waals surface area contributed by atoms with Crippen LogP contribution in [0.4, 0.5) is 0 Å². The largest absolute Gasteiger partial charge is 0.468 e. The van der Waals surface area contributed by atoms with Crippen molar-refractivity contribution in [2.45, 2.75) is 75.9 Å². The lowest BCUT2D eigenvalue weighted by atomic mass is 9.96. The lowest BCUT2D eigenvalue weighted by Gasteiger charge is -2.32. The first-order valence-electron chi connectivity index (χ1n) is 8.77. The maximum atomic E-state index is 12.4. The average molecular weight is 294 g/mol. The Hall–Kier alpha value is -0.610. The van der Waals surface area contributed by atoms with Crippen LogP contribution in [0.2, 0.25) is 0 Å². The second-order valence-corrected chi connectivity index (χ2v) is 7.33. The third-order valence-electron chi connectivity index (χ3n) is 5.34. The number of hydrogen-bond donors (Lipinski definition) is 1. The molecular weight excluding hydrogens is 264 g/mol. The Labute approximate surface area is 128 Å². The molecule has 3 rings (SSSR count). The standard InChI is InChI=1S/C17H30N2O2/c1-3-10-19(12-13-4-5-13)15-8-9-17(11-15,16(20)21-2)18-14-6-7-14/h13-15,18H,3-12H2,1-2H3. The summed E-state index contributed by atoms with van der Waals surface area (Å²) in [4.78, 5) is 15.0. The first kappa shape index (κ1) is 15.3. The molecule has 3 aliphatic rings. The normalized spacial score (nSPS) is 32.6. The molecule has 3 fully saturated rings. The van der Waals surface area contributed by atoms with E-state index in [-0.39, 0.29) is 5.97 Å². The van der Waals surface area contributed by atoms with Crippen LogP contribution in [0.25, 0.3) is 0 Å². The zero-order chi connectivity index (χ0) is 14.9. The Balaban J connectivity index is 1.65. The van der Waals surface area contributed by atoms with Gasteiger partial charge in [-0.25, -0.2) is 0 Å². The highest BCUT2D eigenvalue weighted by atomic mass is 16.5. The molecule has 120 valence electrons. The van der Waals surface area contributed by atoms with Gasteiger partial charge in [0.15, 0.2) is 0 Å². The molecule has 0 aromatic rings. The van der Waals surface area contributed by atoms with Gasteiger partial charge in [0, 0.05) is 18.6 Å². The van der Waals surface area contributed by atoms with Gasteiger partial charge in [-0.2, -0.15) is 0 Å². The van der Waals surface area contributed by atoms with E-state index in [1.807, 2.05) is 0 Å².